The van der Waals surface area contributed by atoms with E-state index in [2.05, 4.69) is 18.8 Å². The molecule has 0 saturated carbocycles. The number of fused-ring (bicyclic) bond motifs is 1. The standard InChI is InChI=1S/C16H20N2O2/c1-16(2)8-7-11(20-16)10-19-14-6-5-13(17)15-12(14)4-3-9-18-15/h3-6,9,11H,7-8,10,17H2,1-2H3. The van der Waals surface area contributed by atoms with Crippen molar-refractivity contribution >= 4 is 16.6 Å². The van der Waals surface area contributed by atoms with Crippen molar-refractivity contribution in [2.24, 2.45) is 0 Å². The number of hydrogen-bond donors (Lipinski definition) is 1. The second-order valence-electron chi connectivity index (χ2n) is 5.90. The van der Waals surface area contributed by atoms with E-state index in [0.29, 0.717) is 12.3 Å². The van der Waals surface area contributed by atoms with Gasteiger partial charge in [0.1, 0.15) is 12.4 Å². The molecule has 0 bridgehead atoms. The second-order valence-corrected chi connectivity index (χ2v) is 5.90. The zero-order valence-electron chi connectivity index (χ0n) is 11.9. The monoisotopic (exact) mass is 272 g/mol. The lowest BCUT2D eigenvalue weighted by atomic mass is 10.1. The van der Waals surface area contributed by atoms with Crippen molar-refractivity contribution in [1.29, 1.82) is 0 Å². The average Bonchev–Trinajstić information content (AvgIpc) is 2.78. The average molecular weight is 272 g/mol. The number of anilines is 1. The number of ether oxygens (including phenoxy) is 2. The Labute approximate surface area is 118 Å². The molecule has 2 aromatic rings. The Kier molecular flexibility index (Phi) is 3.26. The number of pyridine rings is 1. The summed E-state index contributed by atoms with van der Waals surface area (Å²) in [6.45, 7) is 4.81. The SMILES string of the molecule is CC1(C)CCC(COc2ccc(N)c3ncccc23)O1. The molecule has 3 rings (SSSR count). The molecule has 2 N–H and O–H groups in total. The van der Waals surface area contributed by atoms with Gasteiger partial charge in [-0.3, -0.25) is 4.98 Å². The summed E-state index contributed by atoms with van der Waals surface area (Å²) in [5, 5.41) is 0.949. The predicted octanol–water partition coefficient (Wildman–Crippen LogP) is 3.15. The molecule has 1 aliphatic rings. The summed E-state index contributed by atoms with van der Waals surface area (Å²) in [6.07, 6.45) is 4.02. The van der Waals surface area contributed by atoms with Gasteiger partial charge in [-0.05, 0) is 51.0 Å². The number of aromatic nitrogens is 1. The number of nitrogens with two attached hydrogens (primary N) is 1. The Hall–Kier alpha value is -1.81. The third-order valence-corrected chi connectivity index (χ3v) is 3.74. The van der Waals surface area contributed by atoms with Gasteiger partial charge in [-0.1, -0.05) is 0 Å². The van der Waals surface area contributed by atoms with E-state index in [1.807, 2.05) is 24.3 Å². The minimum Gasteiger partial charge on any atom is -0.490 e. The highest BCUT2D eigenvalue weighted by Gasteiger charge is 2.31. The van der Waals surface area contributed by atoms with Gasteiger partial charge in [-0.25, -0.2) is 0 Å². The van der Waals surface area contributed by atoms with E-state index >= 15 is 0 Å². The van der Waals surface area contributed by atoms with Crippen molar-refractivity contribution in [2.75, 3.05) is 12.3 Å². The Morgan fingerprint density at radius 2 is 2.25 bits per heavy atom. The fraction of sp³-hybridized carbons (Fsp3) is 0.438. The van der Waals surface area contributed by atoms with Gasteiger partial charge in [0.15, 0.2) is 0 Å². The zero-order chi connectivity index (χ0) is 14.2. The lowest BCUT2D eigenvalue weighted by Gasteiger charge is -2.19. The normalized spacial score (nSPS) is 21.2. The van der Waals surface area contributed by atoms with Gasteiger partial charge in [0, 0.05) is 11.6 Å². The van der Waals surface area contributed by atoms with Crippen molar-refractivity contribution < 1.29 is 9.47 Å². The smallest absolute Gasteiger partial charge is 0.128 e. The maximum Gasteiger partial charge on any atom is 0.128 e. The molecule has 106 valence electrons. The number of benzene rings is 1. The van der Waals surface area contributed by atoms with Gasteiger partial charge in [0.05, 0.1) is 22.9 Å². The van der Waals surface area contributed by atoms with Crippen LogP contribution in [0, 0.1) is 0 Å². The van der Waals surface area contributed by atoms with Crippen LogP contribution in [0.25, 0.3) is 10.9 Å². The van der Waals surface area contributed by atoms with Crippen LogP contribution in [0.4, 0.5) is 5.69 Å². The van der Waals surface area contributed by atoms with Gasteiger partial charge >= 0.3 is 0 Å². The van der Waals surface area contributed by atoms with Crippen LogP contribution in [-0.2, 0) is 4.74 Å². The van der Waals surface area contributed by atoms with Crippen LogP contribution in [0.15, 0.2) is 30.5 Å². The minimum absolute atomic E-state index is 0.0290. The fourth-order valence-electron chi connectivity index (χ4n) is 2.67. The Morgan fingerprint density at radius 1 is 1.40 bits per heavy atom. The summed E-state index contributed by atoms with van der Waals surface area (Å²) in [6, 6.07) is 7.61. The van der Waals surface area contributed by atoms with Crippen molar-refractivity contribution in [3.63, 3.8) is 0 Å². The van der Waals surface area contributed by atoms with Crippen molar-refractivity contribution in [2.45, 2.75) is 38.4 Å². The van der Waals surface area contributed by atoms with Crippen LogP contribution < -0.4 is 10.5 Å². The van der Waals surface area contributed by atoms with Gasteiger partial charge in [-0.15, -0.1) is 0 Å². The van der Waals surface area contributed by atoms with Gasteiger partial charge in [0.25, 0.3) is 0 Å². The lowest BCUT2D eigenvalue weighted by molar-refractivity contribution is -0.0324. The highest BCUT2D eigenvalue weighted by Crippen LogP contribution is 2.32. The third-order valence-electron chi connectivity index (χ3n) is 3.74. The first kappa shape index (κ1) is 13.2. The molecule has 0 aliphatic carbocycles. The number of hydrogen-bond acceptors (Lipinski definition) is 4. The summed E-state index contributed by atoms with van der Waals surface area (Å²) in [5.41, 5.74) is 7.37. The molecule has 4 nitrogen and oxygen atoms in total. The molecule has 1 atom stereocenters. The summed E-state index contributed by atoms with van der Waals surface area (Å²) >= 11 is 0. The molecule has 2 heterocycles. The maximum atomic E-state index is 5.94. The van der Waals surface area contributed by atoms with Crippen LogP contribution in [0.3, 0.4) is 0 Å². The van der Waals surface area contributed by atoms with Crippen LogP contribution in [0.1, 0.15) is 26.7 Å². The highest BCUT2D eigenvalue weighted by atomic mass is 16.6. The quantitative estimate of drug-likeness (QED) is 0.872. The summed E-state index contributed by atoms with van der Waals surface area (Å²) in [7, 11) is 0. The van der Waals surface area contributed by atoms with Crippen LogP contribution in [-0.4, -0.2) is 23.3 Å². The van der Waals surface area contributed by atoms with E-state index in [-0.39, 0.29) is 11.7 Å². The molecule has 20 heavy (non-hydrogen) atoms. The van der Waals surface area contributed by atoms with Crippen LogP contribution in [0.5, 0.6) is 5.75 Å². The van der Waals surface area contributed by atoms with E-state index in [1.54, 1.807) is 6.20 Å². The lowest BCUT2D eigenvalue weighted by Crippen LogP contribution is -2.23. The largest absolute Gasteiger partial charge is 0.490 e. The molecule has 1 saturated heterocycles. The van der Waals surface area contributed by atoms with E-state index < -0.39 is 0 Å². The Balaban J connectivity index is 1.77. The molecule has 1 unspecified atom stereocenters. The number of rotatable bonds is 3. The molecular formula is C16H20N2O2. The summed E-state index contributed by atoms with van der Waals surface area (Å²) in [4.78, 5) is 4.31. The third kappa shape index (κ3) is 2.56. The Morgan fingerprint density at radius 3 is 3.00 bits per heavy atom. The molecule has 1 aromatic carbocycles. The van der Waals surface area contributed by atoms with Crippen LogP contribution in [0.2, 0.25) is 0 Å². The minimum atomic E-state index is -0.0290. The first-order valence-corrected chi connectivity index (χ1v) is 6.99. The van der Waals surface area contributed by atoms with Gasteiger partial charge < -0.3 is 15.2 Å². The van der Waals surface area contributed by atoms with E-state index in [1.165, 1.54) is 0 Å². The first-order chi connectivity index (χ1) is 9.55. The molecule has 0 amide bonds. The van der Waals surface area contributed by atoms with Crippen molar-refractivity contribution in [1.82, 2.24) is 4.98 Å². The second kappa shape index (κ2) is 4.94. The van der Waals surface area contributed by atoms with E-state index in [4.69, 9.17) is 15.2 Å². The van der Waals surface area contributed by atoms with Gasteiger partial charge in [-0.2, -0.15) is 0 Å². The zero-order valence-corrected chi connectivity index (χ0v) is 11.9. The van der Waals surface area contributed by atoms with E-state index in [0.717, 1.165) is 29.5 Å². The summed E-state index contributed by atoms with van der Waals surface area (Å²) < 4.78 is 11.9. The highest BCUT2D eigenvalue weighted by molar-refractivity contribution is 5.93. The van der Waals surface area contributed by atoms with E-state index in [9.17, 15) is 0 Å². The molecule has 1 aliphatic heterocycles. The topological polar surface area (TPSA) is 57.4 Å². The molecule has 0 spiro atoms. The molecular weight excluding hydrogens is 252 g/mol. The molecule has 1 fully saturated rings. The first-order valence-electron chi connectivity index (χ1n) is 6.99. The number of nitrogen functional groups attached to an aromatic ring is 1. The fourth-order valence-corrected chi connectivity index (χ4v) is 2.67. The summed E-state index contributed by atoms with van der Waals surface area (Å²) in [5.74, 6) is 0.815. The van der Waals surface area contributed by atoms with Crippen molar-refractivity contribution in [3.8, 4) is 5.75 Å². The Bertz CT molecular complexity index is 625. The number of nitrogens with zero attached hydrogens (tertiary/aromatic N) is 1. The van der Waals surface area contributed by atoms with Gasteiger partial charge in [0.2, 0.25) is 0 Å². The molecule has 0 radical (unpaired) electrons. The maximum absolute atomic E-state index is 5.94. The van der Waals surface area contributed by atoms with Crippen LogP contribution >= 0.6 is 0 Å². The molecule has 4 heteroatoms. The predicted molar refractivity (Wildman–Crippen MR) is 79.8 cm³/mol. The van der Waals surface area contributed by atoms with Crippen molar-refractivity contribution in [3.05, 3.63) is 30.5 Å². The molecule has 1 aromatic heterocycles.